The highest BCUT2D eigenvalue weighted by Crippen LogP contribution is 2.31. The summed E-state index contributed by atoms with van der Waals surface area (Å²) in [6, 6.07) is 11.0. The summed E-state index contributed by atoms with van der Waals surface area (Å²) in [7, 11) is 1.95. The first-order valence-electron chi connectivity index (χ1n) is 6.81. The lowest BCUT2D eigenvalue weighted by Crippen LogP contribution is -2.13. The van der Waals surface area contributed by atoms with E-state index in [1.807, 2.05) is 25.2 Å². The lowest BCUT2D eigenvalue weighted by molar-refractivity contribution is 0.631. The Morgan fingerprint density at radius 3 is 2.65 bits per heavy atom. The topological polar surface area (TPSA) is 12.0 Å². The van der Waals surface area contributed by atoms with E-state index < -0.39 is 0 Å². The molecule has 0 saturated heterocycles. The van der Waals surface area contributed by atoms with Crippen molar-refractivity contribution < 1.29 is 4.39 Å². The molecule has 0 aliphatic carbocycles. The Hall–Kier alpha value is -1.45. The molecule has 1 nitrogen and oxygen atoms in total. The molecule has 2 aromatic rings. The summed E-state index contributed by atoms with van der Waals surface area (Å²) in [4.78, 5) is 2.14. The molecule has 1 aromatic carbocycles. The molecule has 1 N–H and O–H groups in total. The maximum absolute atomic E-state index is 13.8. The number of hydrogen-bond donors (Lipinski definition) is 1. The lowest BCUT2D eigenvalue weighted by atomic mass is 10.0. The Labute approximate surface area is 124 Å². The van der Waals surface area contributed by atoms with E-state index in [1.165, 1.54) is 16.5 Å². The van der Waals surface area contributed by atoms with Gasteiger partial charge in [-0.15, -0.1) is 11.3 Å². The first kappa shape index (κ1) is 14.9. The van der Waals surface area contributed by atoms with E-state index in [9.17, 15) is 4.39 Å². The molecule has 2 rings (SSSR count). The number of benzene rings is 1. The van der Waals surface area contributed by atoms with Crippen LogP contribution in [0.25, 0.3) is 16.5 Å². The quantitative estimate of drug-likeness (QED) is 0.832. The van der Waals surface area contributed by atoms with E-state index >= 15 is 0 Å². The highest BCUT2D eigenvalue weighted by Gasteiger charge is 2.08. The number of halogens is 1. The fraction of sp³-hybridized carbons (Fsp3) is 0.294. The minimum Gasteiger partial charge on any atom is -0.316 e. The van der Waals surface area contributed by atoms with Gasteiger partial charge in [0.05, 0.1) is 0 Å². The number of thiophene rings is 1. The standard InChI is InChI=1S/C17H20FNS/c1-12(2)13(11-19-3)10-14-8-9-17(20-14)15-6-4-5-7-16(15)18/h4-10,12,19H,11H2,1-3H3. The highest BCUT2D eigenvalue weighted by molar-refractivity contribution is 7.16. The van der Waals surface area contributed by atoms with Gasteiger partial charge < -0.3 is 5.32 Å². The summed E-state index contributed by atoms with van der Waals surface area (Å²) in [5, 5.41) is 3.19. The number of nitrogens with one attached hydrogen (secondary N) is 1. The average Bonchev–Trinajstić information content (AvgIpc) is 2.87. The molecule has 0 amide bonds. The molecule has 106 valence electrons. The lowest BCUT2D eigenvalue weighted by Gasteiger charge is -2.10. The second kappa shape index (κ2) is 6.82. The third-order valence-corrected chi connectivity index (χ3v) is 4.28. The van der Waals surface area contributed by atoms with Crippen molar-refractivity contribution in [3.8, 4) is 10.4 Å². The predicted molar refractivity (Wildman–Crippen MR) is 86.5 cm³/mol. The van der Waals surface area contributed by atoms with Crippen molar-refractivity contribution in [3.63, 3.8) is 0 Å². The van der Waals surface area contributed by atoms with Crippen molar-refractivity contribution in [2.24, 2.45) is 5.92 Å². The number of likely N-dealkylation sites (N-methyl/N-ethyl adjacent to an activating group) is 1. The summed E-state index contributed by atoms with van der Waals surface area (Å²) in [6.07, 6.45) is 2.20. The third-order valence-electron chi connectivity index (χ3n) is 3.22. The molecule has 0 aliphatic rings. The normalized spacial score (nSPS) is 12.2. The van der Waals surface area contributed by atoms with Crippen molar-refractivity contribution in [2.45, 2.75) is 13.8 Å². The van der Waals surface area contributed by atoms with Crippen LogP contribution in [0.4, 0.5) is 4.39 Å². The Bertz CT molecular complexity index is 599. The Kier molecular flexibility index (Phi) is 5.10. The fourth-order valence-corrected chi connectivity index (χ4v) is 3.06. The van der Waals surface area contributed by atoms with Crippen molar-refractivity contribution in [1.29, 1.82) is 0 Å². The minimum absolute atomic E-state index is 0.163. The molecular weight excluding hydrogens is 269 g/mol. The molecule has 0 saturated carbocycles. The summed E-state index contributed by atoms with van der Waals surface area (Å²) < 4.78 is 13.8. The van der Waals surface area contributed by atoms with Gasteiger partial charge in [0, 0.05) is 21.9 Å². The maximum atomic E-state index is 13.8. The third kappa shape index (κ3) is 3.56. The van der Waals surface area contributed by atoms with Gasteiger partial charge >= 0.3 is 0 Å². The van der Waals surface area contributed by atoms with E-state index in [1.54, 1.807) is 17.4 Å². The van der Waals surface area contributed by atoms with Crippen LogP contribution in [0.2, 0.25) is 0 Å². The van der Waals surface area contributed by atoms with Gasteiger partial charge in [0.15, 0.2) is 0 Å². The van der Waals surface area contributed by atoms with Gasteiger partial charge in [0.1, 0.15) is 5.82 Å². The summed E-state index contributed by atoms with van der Waals surface area (Å²) in [5.74, 6) is 0.339. The van der Waals surface area contributed by atoms with Crippen molar-refractivity contribution in [3.05, 3.63) is 52.7 Å². The van der Waals surface area contributed by atoms with Crippen LogP contribution in [0.5, 0.6) is 0 Å². The van der Waals surface area contributed by atoms with Crippen LogP contribution in [-0.4, -0.2) is 13.6 Å². The molecule has 3 heteroatoms. The van der Waals surface area contributed by atoms with Crippen LogP contribution < -0.4 is 5.32 Å². The zero-order chi connectivity index (χ0) is 14.5. The maximum Gasteiger partial charge on any atom is 0.131 e. The molecule has 0 bridgehead atoms. The molecule has 20 heavy (non-hydrogen) atoms. The molecule has 0 atom stereocenters. The van der Waals surface area contributed by atoms with Crippen LogP contribution >= 0.6 is 11.3 Å². The van der Waals surface area contributed by atoms with Gasteiger partial charge in [0.25, 0.3) is 0 Å². The zero-order valence-corrected chi connectivity index (χ0v) is 12.9. The van der Waals surface area contributed by atoms with E-state index in [0.717, 1.165) is 11.4 Å². The van der Waals surface area contributed by atoms with Gasteiger partial charge in [-0.3, -0.25) is 0 Å². The second-order valence-electron chi connectivity index (χ2n) is 5.09. The van der Waals surface area contributed by atoms with Gasteiger partial charge in [-0.05, 0) is 37.2 Å². The first-order valence-corrected chi connectivity index (χ1v) is 7.63. The van der Waals surface area contributed by atoms with Crippen molar-refractivity contribution in [1.82, 2.24) is 5.32 Å². The van der Waals surface area contributed by atoms with Crippen LogP contribution in [0.1, 0.15) is 18.7 Å². The van der Waals surface area contributed by atoms with Gasteiger partial charge in [-0.25, -0.2) is 4.39 Å². The minimum atomic E-state index is -0.163. The Morgan fingerprint density at radius 1 is 1.25 bits per heavy atom. The van der Waals surface area contributed by atoms with E-state index in [0.29, 0.717) is 11.5 Å². The summed E-state index contributed by atoms with van der Waals surface area (Å²) in [6.45, 7) is 5.26. The van der Waals surface area contributed by atoms with Crippen molar-refractivity contribution in [2.75, 3.05) is 13.6 Å². The Morgan fingerprint density at radius 2 is 2.00 bits per heavy atom. The molecule has 0 spiro atoms. The second-order valence-corrected chi connectivity index (χ2v) is 6.20. The number of rotatable bonds is 5. The van der Waals surface area contributed by atoms with Gasteiger partial charge in [-0.2, -0.15) is 0 Å². The number of hydrogen-bond acceptors (Lipinski definition) is 2. The van der Waals surface area contributed by atoms with Crippen molar-refractivity contribution >= 4 is 17.4 Å². The smallest absolute Gasteiger partial charge is 0.131 e. The van der Waals surface area contributed by atoms with E-state index in [-0.39, 0.29) is 5.82 Å². The molecular formula is C17H20FNS. The molecule has 1 aromatic heterocycles. The van der Waals surface area contributed by atoms with Crippen LogP contribution in [-0.2, 0) is 0 Å². The fourth-order valence-electron chi connectivity index (χ4n) is 2.04. The Balaban J connectivity index is 2.29. The summed E-state index contributed by atoms with van der Waals surface area (Å²) in [5.41, 5.74) is 2.03. The average molecular weight is 289 g/mol. The molecule has 1 heterocycles. The van der Waals surface area contributed by atoms with Crippen LogP contribution in [0.15, 0.2) is 42.0 Å². The van der Waals surface area contributed by atoms with Gasteiger partial charge in [-0.1, -0.05) is 37.6 Å². The van der Waals surface area contributed by atoms with Gasteiger partial charge in [0.2, 0.25) is 0 Å². The molecule has 0 fully saturated rings. The van der Waals surface area contributed by atoms with Crippen LogP contribution in [0, 0.1) is 11.7 Å². The molecule has 0 radical (unpaired) electrons. The SMILES string of the molecule is CNCC(=Cc1ccc(-c2ccccc2F)s1)C(C)C. The molecule has 0 aliphatic heterocycles. The summed E-state index contributed by atoms with van der Waals surface area (Å²) >= 11 is 1.63. The molecule has 0 unspecified atom stereocenters. The van der Waals surface area contributed by atoms with Crippen LogP contribution in [0.3, 0.4) is 0 Å². The van der Waals surface area contributed by atoms with E-state index in [4.69, 9.17) is 0 Å². The zero-order valence-electron chi connectivity index (χ0n) is 12.1. The monoisotopic (exact) mass is 289 g/mol. The highest BCUT2D eigenvalue weighted by atomic mass is 32.1. The predicted octanol–water partition coefficient (Wildman–Crippen LogP) is 4.81. The van der Waals surface area contributed by atoms with E-state index in [2.05, 4.69) is 31.3 Å². The largest absolute Gasteiger partial charge is 0.316 e. The first-order chi connectivity index (χ1) is 9.61.